The maximum absolute atomic E-state index is 11.2. The molecule has 16 nitrogen and oxygen atoms in total. The van der Waals surface area contributed by atoms with Crippen LogP contribution in [0.3, 0.4) is 0 Å². The van der Waals surface area contributed by atoms with Crippen LogP contribution in [0.5, 0.6) is 0 Å². The third kappa shape index (κ3) is 6.73. The van der Waals surface area contributed by atoms with Crippen LogP contribution in [0.15, 0.2) is 0 Å². The molecule has 4 aliphatic rings. The quantitative estimate of drug-likeness (QED) is 0.125. The lowest BCUT2D eigenvalue weighted by atomic mass is 9.72. The highest BCUT2D eigenvalue weighted by Gasteiger charge is 2.55. The van der Waals surface area contributed by atoms with Gasteiger partial charge in [0.1, 0.15) is 36.6 Å². The second-order valence-electron chi connectivity index (χ2n) is 12.5. The summed E-state index contributed by atoms with van der Waals surface area (Å²) in [4.78, 5) is 0. The summed E-state index contributed by atoms with van der Waals surface area (Å²) in [5.74, 6) is -0.634. The monoisotopic (exact) mass is 594 g/mol. The van der Waals surface area contributed by atoms with Gasteiger partial charge in [0.15, 0.2) is 12.6 Å². The van der Waals surface area contributed by atoms with E-state index in [9.17, 15) is 25.5 Å². The van der Waals surface area contributed by atoms with E-state index in [4.69, 9.17) is 58.1 Å². The molecule has 3 heterocycles. The summed E-state index contributed by atoms with van der Waals surface area (Å²) in [5, 5.41) is 52.9. The van der Waals surface area contributed by atoms with Crippen LogP contribution in [-0.4, -0.2) is 142 Å². The lowest BCUT2D eigenvalue weighted by Crippen LogP contribution is -2.67. The van der Waals surface area contributed by atoms with Crippen molar-refractivity contribution in [1.82, 2.24) is 0 Å². The molecular formula is C25H50N6O10. The number of ether oxygens (including phenoxy) is 5. The number of hydrogen-bond donors (Lipinski definition) is 11. The Balaban J connectivity index is 1.53. The van der Waals surface area contributed by atoms with Crippen LogP contribution in [0.2, 0.25) is 0 Å². The Morgan fingerprint density at radius 1 is 0.756 bits per heavy atom. The molecule has 0 bridgehead atoms. The van der Waals surface area contributed by atoms with Crippen molar-refractivity contribution in [3.63, 3.8) is 0 Å². The van der Waals surface area contributed by atoms with Crippen molar-refractivity contribution in [3.8, 4) is 0 Å². The standard InChI is InChI=1S/C25H50N6O10/c1-25(2,31)13-4-3-8(27)20(39-13)14-9(28)5-10(29)16(33)22(14)41-24-19(36)21(12(7-32)38-24)40-23-15(30)18(35)17(34)11(6-26)37-23/h8-24,32-36H,3-7,26-31H2,1-2H3/t8-,9+,10-,11+,12-,13+,14?,15-,16+,17-,18-,19-,20+,21-,22+,23-,24+/m1/s1. The van der Waals surface area contributed by atoms with Crippen LogP contribution >= 0.6 is 0 Å². The second-order valence-corrected chi connectivity index (χ2v) is 12.5. The topological polar surface area (TPSA) is 303 Å². The Labute approximate surface area is 239 Å². The summed E-state index contributed by atoms with van der Waals surface area (Å²) < 4.78 is 29.9. The molecule has 0 aromatic rings. The number of rotatable bonds is 8. The predicted molar refractivity (Wildman–Crippen MR) is 143 cm³/mol. The van der Waals surface area contributed by atoms with Crippen LogP contribution in [0, 0.1) is 5.92 Å². The Morgan fingerprint density at radius 3 is 2.00 bits per heavy atom. The first kappa shape index (κ1) is 33.3. The zero-order valence-electron chi connectivity index (χ0n) is 23.6. The smallest absolute Gasteiger partial charge is 0.187 e. The van der Waals surface area contributed by atoms with Gasteiger partial charge in [0.2, 0.25) is 0 Å². The summed E-state index contributed by atoms with van der Waals surface area (Å²) >= 11 is 0. The fourth-order valence-corrected chi connectivity index (χ4v) is 6.43. The van der Waals surface area contributed by atoms with Gasteiger partial charge in [-0.05, 0) is 33.1 Å². The lowest BCUT2D eigenvalue weighted by Gasteiger charge is -2.51. The first-order valence-electron chi connectivity index (χ1n) is 14.3. The molecule has 0 aromatic heterocycles. The molecule has 0 amide bonds. The normalized spacial score (nSPS) is 51.6. The average molecular weight is 595 g/mol. The summed E-state index contributed by atoms with van der Waals surface area (Å²) in [6, 6.07) is -2.91. The van der Waals surface area contributed by atoms with E-state index >= 15 is 0 Å². The van der Waals surface area contributed by atoms with Crippen molar-refractivity contribution < 1.29 is 49.2 Å². The number of nitrogens with two attached hydrogens (primary N) is 6. The third-order valence-electron chi connectivity index (χ3n) is 8.94. The molecule has 1 saturated carbocycles. The summed E-state index contributed by atoms with van der Waals surface area (Å²) in [5.41, 5.74) is 36.6. The van der Waals surface area contributed by atoms with Crippen molar-refractivity contribution in [2.45, 2.75) is 136 Å². The fourth-order valence-electron chi connectivity index (χ4n) is 6.43. The molecule has 4 fully saturated rings. The van der Waals surface area contributed by atoms with Crippen LogP contribution in [-0.2, 0) is 23.7 Å². The molecule has 1 aliphatic carbocycles. The molecule has 17 atom stereocenters. The number of aliphatic hydroxyl groups is 5. The Morgan fingerprint density at radius 2 is 1.39 bits per heavy atom. The third-order valence-corrected chi connectivity index (χ3v) is 8.94. The van der Waals surface area contributed by atoms with Gasteiger partial charge in [-0.3, -0.25) is 0 Å². The summed E-state index contributed by atoms with van der Waals surface area (Å²) in [6.45, 7) is 3.02. The Hall–Kier alpha value is -0.640. The highest BCUT2D eigenvalue weighted by molar-refractivity contribution is 5.05. The van der Waals surface area contributed by atoms with Gasteiger partial charge in [0.25, 0.3) is 0 Å². The zero-order chi connectivity index (χ0) is 30.4. The molecular weight excluding hydrogens is 544 g/mol. The van der Waals surface area contributed by atoms with Gasteiger partial charge in [-0.2, -0.15) is 0 Å². The molecule has 0 aromatic carbocycles. The minimum Gasteiger partial charge on any atom is -0.394 e. The van der Waals surface area contributed by atoms with Crippen LogP contribution in [0.4, 0.5) is 0 Å². The van der Waals surface area contributed by atoms with Crippen molar-refractivity contribution >= 4 is 0 Å². The largest absolute Gasteiger partial charge is 0.394 e. The minimum absolute atomic E-state index is 0.126. The number of hydrogen-bond acceptors (Lipinski definition) is 16. The van der Waals surface area contributed by atoms with Gasteiger partial charge in [-0.1, -0.05) is 0 Å². The molecule has 1 unspecified atom stereocenters. The molecule has 17 N–H and O–H groups in total. The lowest BCUT2D eigenvalue weighted by molar-refractivity contribution is -0.280. The van der Waals surface area contributed by atoms with E-state index in [1.807, 2.05) is 13.8 Å². The average Bonchev–Trinajstić information content (AvgIpc) is 3.21. The number of aliphatic hydroxyl groups excluding tert-OH is 5. The highest BCUT2D eigenvalue weighted by atomic mass is 16.7. The first-order valence-corrected chi connectivity index (χ1v) is 14.3. The molecule has 240 valence electrons. The van der Waals surface area contributed by atoms with Crippen LogP contribution in [0.25, 0.3) is 0 Å². The van der Waals surface area contributed by atoms with E-state index in [0.29, 0.717) is 12.8 Å². The van der Waals surface area contributed by atoms with Crippen molar-refractivity contribution in [3.05, 3.63) is 0 Å². The SMILES string of the molecule is CC(C)(N)[C@@H]1CC[C@@H](N)[C@@H](C2[C@@H](N)C[C@@H](N)[C@H](O)[C@H]2O[C@@H]2O[C@H](CO)[C@@H](O[C@H]3O[C@@H](CN)[C@@H](O)[C@H](O)[C@H]3N)[C@H]2O)O1. The molecule has 3 aliphatic heterocycles. The predicted octanol–water partition coefficient (Wildman–Crippen LogP) is -5.78. The summed E-state index contributed by atoms with van der Waals surface area (Å²) in [7, 11) is 0. The second kappa shape index (κ2) is 13.2. The van der Waals surface area contributed by atoms with E-state index in [0.717, 1.165) is 0 Å². The van der Waals surface area contributed by atoms with Crippen LogP contribution < -0.4 is 34.4 Å². The molecule has 0 spiro atoms. The van der Waals surface area contributed by atoms with Gasteiger partial charge in [-0.15, -0.1) is 0 Å². The Bertz CT molecular complexity index is 856. The fraction of sp³-hybridized carbons (Fsp3) is 1.00. The Kier molecular flexibility index (Phi) is 10.7. The van der Waals surface area contributed by atoms with Gasteiger partial charge in [-0.25, -0.2) is 0 Å². The van der Waals surface area contributed by atoms with Gasteiger partial charge in [0.05, 0.1) is 37.1 Å². The van der Waals surface area contributed by atoms with E-state index in [1.165, 1.54) is 0 Å². The van der Waals surface area contributed by atoms with Crippen LogP contribution in [0.1, 0.15) is 33.1 Å². The summed E-state index contributed by atoms with van der Waals surface area (Å²) in [6.07, 6.45) is -11.9. The van der Waals surface area contributed by atoms with E-state index < -0.39 is 110 Å². The van der Waals surface area contributed by atoms with Gasteiger partial charge >= 0.3 is 0 Å². The van der Waals surface area contributed by atoms with Gasteiger partial charge in [0, 0.05) is 36.1 Å². The molecule has 3 saturated heterocycles. The minimum atomic E-state index is -1.50. The van der Waals surface area contributed by atoms with Gasteiger partial charge < -0.3 is 83.6 Å². The maximum atomic E-state index is 11.2. The van der Waals surface area contributed by atoms with E-state index in [-0.39, 0.29) is 19.1 Å². The van der Waals surface area contributed by atoms with E-state index in [1.54, 1.807) is 0 Å². The highest BCUT2D eigenvalue weighted by Crippen LogP contribution is 2.39. The molecule has 41 heavy (non-hydrogen) atoms. The maximum Gasteiger partial charge on any atom is 0.187 e. The molecule has 0 radical (unpaired) electrons. The zero-order valence-corrected chi connectivity index (χ0v) is 23.6. The first-order chi connectivity index (χ1) is 19.2. The molecule has 16 heteroatoms. The van der Waals surface area contributed by atoms with Crippen molar-refractivity contribution in [1.29, 1.82) is 0 Å². The molecule has 4 rings (SSSR count). The van der Waals surface area contributed by atoms with E-state index in [2.05, 4.69) is 0 Å². The van der Waals surface area contributed by atoms with Crippen molar-refractivity contribution in [2.24, 2.45) is 40.3 Å². The van der Waals surface area contributed by atoms with Crippen molar-refractivity contribution in [2.75, 3.05) is 13.2 Å².